The van der Waals surface area contributed by atoms with Gasteiger partial charge < -0.3 is 4.52 Å². The molecule has 18 heavy (non-hydrogen) atoms. The smallest absolute Gasteiger partial charge is 0.211 e. The number of sulfonamides is 1. The average molecular weight is 273 g/mol. The lowest BCUT2D eigenvalue weighted by Gasteiger charge is -2.19. The molecule has 1 aliphatic heterocycles. The third-order valence-electron chi connectivity index (χ3n) is 3.08. The summed E-state index contributed by atoms with van der Waals surface area (Å²) in [5, 5.41) is 3.96. The van der Waals surface area contributed by atoms with Gasteiger partial charge in [0.15, 0.2) is 0 Å². The normalized spacial score (nSPS) is 19.9. The molecule has 2 rings (SSSR count). The van der Waals surface area contributed by atoms with Crippen LogP contribution in [-0.2, 0) is 16.6 Å². The molecule has 0 N–H and O–H groups in total. The van der Waals surface area contributed by atoms with E-state index in [4.69, 9.17) is 4.52 Å². The van der Waals surface area contributed by atoms with Gasteiger partial charge in [-0.25, -0.2) is 12.7 Å². The molecular formula is C11H19N3O3S. The highest BCUT2D eigenvalue weighted by Gasteiger charge is 2.21. The standard InChI is InChI=1S/C11H19N3O3S/c1-10-8-11(12-17-10)9-13-4-3-5-14(7-6-13)18(2,15)16/h8H,3-7,9H2,1-2H3. The van der Waals surface area contributed by atoms with Crippen molar-refractivity contribution in [2.24, 2.45) is 0 Å². The van der Waals surface area contributed by atoms with Gasteiger partial charge in [-0.1, -0.05) is 5.16 Å². The summed E-state index contributed by atoms with van der Waals surface area (Å²) in [7, 11) is -3.07. The average Bonchev–Trinajstić information content (AvgIpc) is 2.53. The van der Waals surface area contributed by atoms with E-state index in [0.717, 1.165) is 37.5 Å². The maximum atomic E-state index is 11.5. The Balaban J connectivity index is 1.93. The summed E-state index contributed by atoms with van der Waals surface area (Å²) < 4.78 is 29.5. The quantitative estimate of drug-likeness (QED) is 0.800. The van der Waals surface area contributed by atoms with Crippen LogP contribution < -0.4 is 0 Å². The molecule has 1 fully saturated rings. The molecular weight excluding hydrogens is 254 g/mol. The van der Waals surface area contributed by atoms with Crippen LogP contribution in [0.5, 0.6) is 0 Å². The minimum Gasteiger partial charge on any atom is -0.361 e. The van der Waals surface area contributed by atoms with Gasteiger partial charge in [-0.2, -0.15) is 0 Å². The molecule has 0 amide bonds. The third-order valence-corrected chi connectivity index (χ3v) is 4.38. The van der Waals surface area contributed by atoms with E-state index in [9.17, 15) is 8.42 Å². The van der Waals surface area contributed by atoms with Crippen LogP contribution in [0.15, 0.2) is 10.6 Å². The van der Waals surface area contributed by atoms with E-state index in [2.05, 4.69) is 10.1 Å². The fourth-order valence-corrected chi connectivity index (χ4v) is 3.03. The van der Waals surface area contributed by atoms with Crippen LogP contribution >= 0.6 is 0 Å². The number of hydrogen-bond donors (Lipinski definition) is 0. The first-order valence-corrected chi connectivity index (χ1v) is 7.89. The Labute approximate surface area is 108 Å². The second-order valence-electron chi connectivity index (χ2n) is 4.72. The first-order valence-electron chi connectivity index (χ1n) is 6.05. The maximum Gasteiger partial charge on any atom is 0.211 e. The lowest BCUT2D eigenvalue weighted by Crippen LogP contribution is -2.34. The van der Waals surface area contributed by atoms with Crippen molar-refractivity contribution in [1.29, 1.82) is 0 Å². The van der Waals surface area contributed by atoms with Crippen molar-refractivity contribution in [1.82, 2.24) is 14.4 Å². The number of rotatable bonds is 3. The molecule has 0 atom stereocenters. The van der Waals surface area contributed by atoms with E-state index in [1.807, 2.05) is 13.0 Å². The van der Waals surface area contributed by atoms with Crippen molar-refractivity contribution in [2.45, 2.75) is 19.9 Å². The van der Waals surface area contributed by atoms with Gasteiger partial charge in [0.1, 0.15) is 5.76 Å². The van der Waals surface area contributed by atoms with Crippen LogP contribution in [0, 0.1) is 6.92 Å². The van der Waals surface area contributed by atoms with E-state index < -0.39 is 10.0 Å². The minimum atomic E-state index is -3.07. The Hall–Kier alpha value is -0.920. The third kappa shape index (κ3) is 3.54. The van der Waals surface area contributed by atoms with Gasteiger partial charge in [-0.3, -0.25) is 4.90 Å². The highest BCUT2D eigenvalue weighted by Crippen LogP contribution is 2.11. The first-order chi connectivity index (χ1) is 8.45. The van der Waals surface area contributed by atoms with Crippen LogP contribution in [0.2, 0.25) is 0 Å². The zero-order valence-electron chi connectivity index (χ0n) is 10.8. The fourth-order valence-electron chi connectivity index (χ4n) is 2.16. The topological polar surface area (TPSA) is 66.7 Å². The highest BCUT2D eigenvalue weighted by molar-refractivity contribution is 7.88. The second-order valence-corrected chi connectivity index (χ2v) is 6.70. The molecule has 0 radical (unpaired) electrons. The Kier molecular flexibility index (Phi) is 4.04. The van der Waals surface area contributed by atoms with Crippen molar-refractivity contribution in [3.8, 4) is 0 Å². The van der Waals surface area contributed by atoms with Gasteiger partial charge in [0.05, 0.1) is 11.9 Å². The summed E-state index contributed by atoms with van der Waals surface area (Å²) in [5.74, 6) is 0.803. The molecule has 0 aliphatic carbocycles. The number of hydrogen-bond acceptors (Lipinski definition) is 5. The molecule has 0 unspecified atom stereocenters. The van der Waals surface area contributed by atoms with E-state index in [0.29, 0.717) is 13.1 Å². The highest BCUT2D eigenvalue weighted by atomic mass is 32.2. The fraction of sp³-hybridized carbons (Fsp3) is 0.727. The molecule has 0 aromatic carbocycles. The van der Waals surface area contributed by atoms with Crippen LogP contribution in [0.1, 0.15) is 17.9 Å². The molecule has 102 valence electrons. The summed E-state index contributed by atoms with van der Waals surface area (Å²) >= 11 is 0. The summed E-state index contributed by atoms with van der Waals surface area (Å²) in [6.45, 7) is 5.36. The summed E-state index contributed by atoms with van der Waals surface area (Å²) in [6, 6.07) is 1.92. The Morgan fingerprint density at radius 3 is 2.72 bits per heavy atom. The zero-order valence-corrected chi connectivity index (χ0v) is 11.6. The van der Waals surface area contributed by atoms with Gasteiger partial charge >= 0.3 is 0 Å². The molecule has 7 heteroatoms. The Bertz CT molecular complexity index is 497. The maximum absolute atomic E-state index is 11.5. The first kappa shape index (κ1) is 13.5. The van der Waals surface area contributed by atoms with Gasteiger partial charge in [0, 0.05) is 32.2 Å². The van der Waals surface area contributed by atoms with Crippen molar-refractivity contribution in [3.63, 3.8) is 0 Å². The molecule has 1 aromatic heterocycles. The Morgan fingerprint density at radius 2 is 2.11 bits per heavy atom. The van der Waals surface area contributed by atoms with Crippen molar-refractivity contribution >= 4 is 10.0 Å². The number of aromatic nitrogens is 1. The van der Waals surface area contributed by atoms with E-state index in [-0.39, 0.29) is 0 Å². The predicted molar refractivity (Wildman–Crippen MR) is 67.6 cm³/mol. The molecule has 2 heterocycles. The van der Waals surface area contributed by atoms with Crippen molar-refractivity contribution < 1.29 is 12.9 Å². The molecule has 0 saturated carbocycles. The second kappa shape index (κ2) is 5.38. The number of aryl methyl sites for hydroxylation is 1. The van der Waals surface area contributed by atoms with E-state index in [1.165, 1.54) is 6.26 Å². The van der Waals surface area contributed by atoms with Gasteiger partial charge in [0.2, 0.25) is 10.0 Å². The molecule has 1 saturated heterocycles. The van der Waals surface area contributed by atoms with Gasteiger partial charge in [0.25, 0.3) is 0 Å². The minimum absolute atomic E-state index is 0.551. The Morgan fingerprint density at radius 1 is 1.33 bits per heavy atom. The summed E-state index contributed by atoms with van der Waals surface area (Å²) in [4.78, 5) is 2.21. The summed E-state index contributed by atoms with van der Waals surface area (Å²) in [5.41, 5.74) is 0.903. The van der Waals surface area contributed by atoms with Crippen LogP contribution in [0.3, 0.4) is 0 Å². The monoisotopic (exact) mass is 273 g/mol. The van der Waals surface area contributed by atoms with Gasteiger partial charge in [-0.15, -0.1) is 0 Å². The summed E-state index contributed by atoms with van der Waals surface area (Å²) in [6.07, 6.45) is 2.12. The number of nitrogens with zero attached hydrogens (tertiary/aromatic N) is 3. The molecule has 6 nitrogen and oxygen atoms in total. The lowest BCUT2D eigenvalue weighted by atomic mass is 10.3. The SMILES string of the molecule is Cc1cc(CN2CCCN(S(C)(=O)=O)CC2)no1. The molecule has 1 aromatic rings. The largest absolute Gasteiger partial charge is 0.361 e. The van der Waals surface area contributed by atoms with Gasteiger partial charge in [-0.05, 0) is 19.9 Å². The molecule has 1 aliphatic rings. The zero-order chi connectivity index (χ0) is 13.2. The van der Waals surface area contributed by atoms with E-state index >= 15 is 0 Å². The molecule has 0 bridgehead atoms. The predicted octanol–water partition coefficient (Wildman–Crippen LogP) is 0.450. The van der Waals surface area contributed by atoms with Crippen molar-refractivity contribution in [2.75, 3.05) is 32.4 Å². The van der Waals surface area contributed by atoms with Crippen LogP contribution in [0.4, 0.5) is 0 Å². The van der Waals surface area contributed by atoms with E-state index in [1.54, 1.807) is 4.31 Å². The van der Waals surface area contributed by atoms with Crippen LogP contribution in [0.25, 0.3) is 0 Å². The lowest BCUT2D eigenvalue weighted by molar-refractivity contribution is 0.268. The molecule has 0 spiro atoms. The van der Waals surface area contributed by atoms with Crippen LogP contribution in [-0.4, -0.2) is 55.2 Å². The van der Waals surface area contributed by atoms with Crippen molar-refractivity contribution in [3.05, 3.63) is 17.5 Å².